The maximum absolute atomic E-state index is 11.9. The van der Waals surface area contributed by atoms with E-state index >= 15 is 0 Å². The van der Waals surface area contributed by atoms with E-state index < -0.39 is 6.43 Å². The first-order valence-corrected chi connectivity index (χ1v) is 2.97. The van der Waals surface area contributed by atoms with Gasteiger partial charge in [-0.15, -0.1) is 0 Å². The Morgan fingerprint density at radius 3 is 2.10 bits per heavy atom. The molecule has 0 saturated heterocycles. The van der Waals surface area contributed by atoms with E-state index in [1.807, 2.05) is 0 Å². The summed E-state index contributed by atoms with van der Waals surface area (Å²) in [5.41, 5.74) is -0.0949. The maximum Gasteiger partial charge on any atom is 0.261 e. The zero-order chi connectivity index (χ0) is 8.15. The summed E-state index contributed by atoms with van der Waals surface area (Å²) < 4.78 is 23.8. The van der Waals surface area contributed by atoms with Gasteiger partial charge in [-0.2, -0.15) is 5.26 Å². The van der Waals surface area contributed by atoms with Crippen LogP contribution in [0.1, 0.15) is 13.8 Å². The molecule has 0 aromatic heterocycles. The van der Waals surface area contributed by atoms with Crippen LogP contribution in [0.2, 0.25) is 0 Å². The Morgan fingerprint density at radius 1 is 1.50 bits per heavy atom. The number of hydrogen-bond acceptors (Lipinski definition) is 1. The molecule has 0 fully saturated rings. The number of nitrogens with zero attached hydrogens (tertiary/aromatic N) is 1. The molecule has 3 heteroatoms. The fourth-order valence-corrected chi connectivity index (χ4v) is 0.556. The fraction of sp³-hybridized carbons (Fsp3) is 0.571. The molecule has 0 atom stereocenters. The smallest absolute Gasteiger partial charge is 0.205 e. The van der Waals surface area contributed by atoms with Crippen LogP contribution in [0.4, 0.5) is 8.78 Å². The second kappa shape index (κ2) is 3.99. The standard InChI is InChI=1S/C7H9F2N/c1-5(2)6(3-4-10)7(8)9/h3,5,7H,1-2H3/b6-3+. The van der Waals surface area contributed by atoms with Gasteiger partial charge in [-0.3, -0.25) is 0 Å². The van der Waals surface area contributed by atoms with E-state index in [4.69, 9.17) is 5.26 Å². The van der Waals surface area contributed by atoms with Gasteiger partial charge >= 0.3 is 0 Å². The van der Waals surface area contributed by atoms with Crippen LogP contribution in [0.3, 0.4) is 0 Å². The molecule has 0 aromatic rings. The predicted molar refractivity (Wildman–Crippen MR) is 34.5 cm³/mol. The molecule has 0 unspecified atom stereocenters. The summed E-state index contributed by atoms with van der Waals surface area (Å²) in [5, 5.41) is 8.07. The topological polar surface area (TPSA) is 23.8 Å². The van der Waals surface area contributed by atoms with Crippen molar-refractivity contribution < 1.29 is 8.78 Å². The number of allylic oxidation sites excluding steroid dienone is 2. The van der Waals surface area contributed by atoms with Gasteiger partial charge in [0.05, 0.1) is 6.07 Å². The van der Waals surface area contributed by atoms with Gasteiger partial charge in [-0.1, -0.05) is 13.8 Å². The predicted octanol–water partition coefficient (Wildman–Crippen LogP) is 2.36. The van der Waals surface area contributed by atoms with Gasteiger partial charge in [-0.05, 0) is 5.92 Å². The number of nitriles is 1. The Hall–Kier alpha value is -0.910. The highest BCUT2D eigenvalue weighted by Gasteiger charge is 2.13. The molecule has 0 aromatic carbocycles. The molecule has 10 heavy (non-hydrogen) atoms. The van der Waals surface area contributed by atoms with E-state index in [-0.39, 0.29) is 11.5 Å². The Balaban J connectivity index is 4.30. The summed E-state index contributed by atoms with van der Waals surface area (Å²) in [6.07, 6.45) is -1.59. The molecular weight excluding hydrogens is 136 g/mol. The average molecular weight is 145 g/mol. The van der Waals surface area contributed by atoms with Crippen molar-refractivity contribution in [3.05, 3.63) is 11.6 Å². The molecule has 0 rings (SSSR count). The van der Waals surface area contributed by atoms with Crippen LogP contribution in [0.25, 0.3) is 0 Å². The monoisotopic (exact) mass is 145 g/mol. The average Bonchev–Trinajstić information content (AvgIpc) is 1.81. The second-order valence-corrected chi connectivity index (χ2v) is 2.23. The molecule has 0 bridgehead atoms. The van der Waals surface area contributed by atoms with Gasteiger partial charge in [0.15, 0.2) is 0 Å². The SMILES string of the molecule is CC(C)/C(=C\C#N)C(F)F. The third-order valence-corrected chi connectivity index (χ3v) is 1.15. The van der Waals surface area contributed by atoms with Crippen LogP contribution in [0, 0.1) is 17.2 Å². The lowest BCUT2D eigenvalue weighted by molar-refractivity contribution is 0.178. The van der Waals surface area contributed by atoms with E-state index in [1.54, 1.807) is 19.9 Å². The largest absolute Gasteiger partial charge is 0.261 e. The van der Waals surface area contributed by atoms with Crippen molar-refractivity contribution in [3.8, 4) is 6.07 Å². The molecule has 0 spiro atoms. The van der Waals surface area contributed by atoms with E-state index in [9.17, 15) is 8.78 Å². The number of rotatable bonds is 2. The Labute approximate surface area is 59.0 Å². The molecule has 0 aliphatic rings. The zero-order valence-corrected chi connectivity index (χ0v) is 5.94. The summed E-state index contributed by atoms with van der Waals surface area (Å²) in [4.78, 5) is 0. The minimum Gasteiger partial charge on any atom is -0.205 e. The molecule has 0 saturated carbocycles. The van der Waals surface area contributed by atoms with Crippen LogP contribution in [-0.2, 0) is 0 Å². The lowest BCUT2D eigenvalue weighted by atomic mass is 10.0. The Kier molecular flexibility index (Phi) is 3.63. The van der Waals surface area contributed by atoms with Gasteiger partial charge in [0.1, 0.15) is 0 Å². The van der Waals surface area contributed by atoms with Gasteiger partial charge < -0.3 is 0 Å². The third kappa shape index (κ3) is 2.58. The van der Waals surface area contributed by atoms with Gasteiger partial charge in [0.2, 0.25) is 0 Å². The second-order valence-electron chi connectivity index (χ2n) is 2.23. The highest BCUT2D eigenvalue weighted by molar-refractivity contribution is 5.17. The van der Waals surface area contributed by atoms with Crippen LogP contribution in [0.5, 0.6) is 0 Å². The highest BCUT2D eigenvalue weighted by Crippen LogP contribution is 2.17. The Bertz CT molecular complexity index is 155. The van der Waals surface area contributed by atoms with Crippen molar-refractivity contribution in [2.45, 2.75) is 20.3 Å². The number of halogens is 2. The molecule has 0 N–H and O–H groups in total. The van der Waals surface area contributed by atoms with Crippen molar-refractivity contribution >= 4 is 0 Å². The first kappa shape index (κ1) is 9.09. The van der Waals surface area contributed by atoms with Gasteiger partial charge in [0, 0.05) is 11.6 Å². The molecule has 0 amide bonds. The lowest BCUT2D eigenvalue weighted by Crippen LogP contribution is -2.03. The molecule has 0 aliphatic carbocycles. The van der Waals surface area contributed by atoms with Crippen molar-refractivity contribution in [1.29, 1.82) is 5.26 Å². The quantitative estimate of drug-likeness (QED) is 0.547. The van der Waals surface area contributed by atoms with E-state index in [0.717, 1.165) is 6.08 Å². The normalized spacial score (nSPS) is 12.3. The summed E-state index contributed by atoms with van der Waals surface area (Å²) >= 11 is 0. The van der Waals surface area contributed by atoms with Crippen molar-refractivity contribution in [2.75, 3.05) is 0 Å². The van der Waals surface area contributed by atoms with Crippen molar-refractivity contribution in [2.24, 2.45) is 5.92 Å². The fourth-order valence-electron chi connectivity index (χ4n) is 0.556. The molecular formula is C7H9F2N. The van der Waals surface area contributed by atoms with Crippen molar-refractivity contribution in [3.63, 3.8) is 0 Å². The van der Waals surface area contributed by atoms with Crippen LogP contribution in [-0.4, -0.2) is 6.43 Å². The van der Waals surface area contributed by atoms with Crippen LogP contribution in [0.15, 0.2) is 11.6 Å². The van der Waals surface area contributed by atoms with Gasteiger partial charge in [-0.25, -0.2) is 8.78 Å². The highest BCUT2D eigenvalue weighted by atomic mass is 19.3. The van der Waals surface area contributed by atoms with Gasteiger partial charge in [0.25, 0.3) is 6.43 Å². The van der Waals surface area contributed by atoms with Crippen LogP contribution >= 0.6 is 0 Å². The first-order valence-electron chi connectivity index (χ1n) is 2.97. The van der Waals surface area contributed by atoms with E-state index in [0.29, 0.717) is 0 Å². The maximum atomic E-state index is 11.9. The zero-order valence-electron chi connectivity index (χ0n) is 5.94. The first-order chi connectivity index (χ1) is 4.59. The number of hydrogen-bond donors (Lipinski definition) is 0. The molecule has 0 radical (unpaired) electrons. The Morgan fingerprint density at radius 2 is 2.00 bits per heavy atom. The summed E-state index contributed by atoms with van der Waals surface area (Å²) in [6, 6.07) is 1.59. The lowest BCUT2D eigenvalue weighted by Gasteiger charge is -2.06. The summed E-state index contributed by atoms with van der Waals surface area (Å²) in [7, 11) is 0. The minimum atomic E-state index is -2.50. The molecule has 1 nitrogen and oxygen atoms in total. The molecule has 0 aliphatic heterocycles. The minimum absolute atomic E-state index is 0.0949. The third-order valence-electron chi connectivity index (χ3n) is 1.15. The van der Waals surface area contributed by atoms with E-state index in [2.05, 4.69) is 0 Å². The summed E-state index contributed by atoms with van der Waals surface area (Å²) in [6.45, 7) is 3.27. The number of alkyl halides is 2. The van der Waals surface area contributed by atoms with Crippen molar-refractivity contribution in [1.82, 2.24) is 0 Å². The molecule has 0 heterocycles. The summed E-state index contributed by atoms with van der Waals surface area (Å²) in [5.74, 6) is -0.250. The molecule has 56 valence electrons. The van der Waals surface area contributed by atoms with E-state index in [1.165, 1.54) is 0 Å². The van der Waals surface area contributed by atoms with Crippen LogP contribution < -0.4 is 0 Å².